The summed E-state index contributed by atoms with van der Waals surface area (Å²) in [4.78, 5) is 11.2. The number of nitrogens with one attached hydrogen (secondary N) is 1. The maximum absolute atomic E-state index is 11.2. The minimum Gasteiger partial charge on any atom is -0.356 e. The van der Waals surface area contributed by atoms with Crippen molar-refractivity contribution in [2.24, 2.45) is 0 Å². The first-order valence-electron chi connectivity index (χ1n) is 6.23. The summed E-state index contributed by atoms with van der Waals surface area (Å²) in [5, 5.41) is 3.71. The summed E-state index contributed by atoms with van der Waals surface area (Å²) >= 11 is 5.90. The van der Waals surface area contributed by atoms with Gasteiger partial charge >= 0.3 is 0 Å². The van der Waals surface area contributed by atoms with Crippen LogP contribution in [0.1, 0.15) is 38.2 Å². The molecular formula is C14H20ClNO. The zero-order valence-corrected chi connectivity index (χ0v) is 11.1. The van der Waals surface area contributed by atoms with Crippen molar-refractivity contribution in [1.82, 2.24) is 5.32 Å². The molecule has 94 valence electrons. The molecule has 0 atom stereocenters. The van der Waals surface area contributed by atoms with Crippen LogP contribution in [0, 0.1) is 0 Å². The standard InChI is InChI=1S/C14H20ClNO/c1-2-6-14(17)16-10-4-3-7-12-8-5-9-13(15)11-12/h5,8-9,11H,2-4,6-7,10H2,1H3,(H,16,17). The van der Waals surface area contributed by atoms with Crippen molar-refractivity contribution in [1.29, 1.82) is 0 Å². The Morgan fingerprint density at radius 3 is 2.88 bits per heavy atom. The highest BCUT2D eigenvalue weighted by molar-refractivity contribution is 6.30. The van der Waals surface area contributed by atoms with Gasteiger partial charge in [-0.1, -0.05) is 30.7 Å². The van der Waals surface area contributed by atoms with Gasteiger partial charge in [0, 0.05) is 18.0 Å². The summed E-state index contributed by atoms with van der Waals surface area (Å²) in [6.45, 7) is 2.79. The third-order valence-corrected chi connectivity index (χ3v) is 2.82. The number of hydrogen-bond acceptors (Lipinski definition) is 1. The Bertz CT molecular complexity index is 352. The molecule has 0 spiro atoms. The van der Waals surface area contributed by atoms with E-state index in [1.54, 1.807) is 0 Å². The molecule has 1 aromatic carbocycles. The average Bonchev–Trinajstić information content (AvgIpc) is 2.29. The van der Waals surface area contributed by atoms with E-state index >= 15 is 0 Å². The van der Waals surface area contributed by atoms with Crippen LogP contribution >= 0.6 is 11.6 Å². The number of carbonyl (C=O) groups is 1. The molecule has 17 heavy (non-hydrogen) atoms. The van der Waals surface area contributed by atoms with Gasteiger partial charge in [0.15, 0.2) is 0 Å². The first-order chi connectivity index (χ1) is 8.22. The van der Waals surface area contributed by atoms with Gasteiger partial charge in [-0.25, -0.2) is 0 Å². The van der Waals surface area contributed by atoms with Gasteiger partial charge in [-0.3, -0.25) is 4.79 Å². The van der Waals surface area contributed by atoms with Crippen molar-refractivity contribution in [2.75, 3.05) is 6.54 Å². The highest BCUT2D eigenvalue weighted by atomic mass is 35.5. The van der Waals surface area contributed by atoms with E-state index < -0.39 is 0 Å². The molecule has 0 aliphatic heterocycles. The normalized spacial score (nSPS) is 10.2. The molecule has 1 amide bonds. The fraction of sp³-hybridized carbons (Fsp3) is 0.500. The fourth-order valence-corrected chi connectivity index (χ4v) is 1.90. The van der Waals surface area contributed by atoms with E-state index in [9.17, 15) is 4.79 Å². The van der Waals surface area contributed by atoms with Gasteiger partial charge < -0.3 is 5.32 Å². The molecule has 0 fully saturated rings. The largest absolute Gasteiger partial charge is 0.356 e. The van der Waals surface area contributed by atoms with E-state index in [4.69, 9.17) is 11.6 Å². The van der Waals surface area contributed by atoms with E-state index in [0.29, 0.717) is 6.42 Å². The second kappa shape index (κ2) is 8.13. The Hall–Kier alpha value is -1.02. The molecule has 3 heteroatoms. The molecule has 0 aromatic heterocycles. The van der Waals surface area contributed by atoms with Crippen LogP contribution < -0.4 is 5.32 Å². The number of unbranched alkanes of at least 4 members (excludes halogenated alkanes) is 1. The third-order valence-electron chi connectivity index (χ3n) is 2.58. The van der Waals surface area contributed by atoms with Crippen LogP contribution in [0.3, 0.4) is 0 Å². The Morgan fingerprint density at radius 1 is 1.35 bits per heavy atom. The molecule has 1 N–H and O–H groups in total. The van der Waals surface area contributed by atoms with Crippen LogP contribution in [0.4, 0.5) is 0 Å². The third kappa shape index (κ3) is 6.32. The van der Waals surface area contributed by atoms with E-state index in [1.165, 1.54) is 5.56 Å². The number of rotatable bonds is 7. The number of aryl methyl sites for hydroxylation is 1. The lowest BCUT2D eigenvalue weighted by atomic mass is 10.1. The zero-order chi connectivity index (χ0) is 12.5. The van der Waals surface area contributed by atoms with Gasteiger partial charge in [0.1, 0.15) is 0 Å². The molecule has 0 aliphatic carbocycles. The quantitative estimate of drug-likeness (QED) is 0.740. The number of hydrogen-bond donors (Lipinski definition) is 1. The molecule has 0 bridgehead atoms. The maximum atomic E-state index is 11.2. The van der Waals surface area contributed by atoms with Crippen LogP contribution in [0.5, 0.6) is 0 Å². The van der Waals surface area contributed by atoms with Gasteiger partial charge in [0.2, 0.25) is 5.91 Å². The second-order valence-corrected chi connectivity index (χ2v) is 4.62. The molecule has 0 heterocycles. The minimum absolute atomic E-state index is 0.162. The summed E-state index contributed by atoms with van der Waals surface area (Å²) in [7, 11) is 0. The Balaban J connectivity index is 2.10. The first-order valence-corrected chi connectivity index (χ1v) is 6.61. The summed E-state index contributed by atoms with van der Waals surface area (Å²) in [5.41, 5.74) is 1.26. The van der Waals surface area contributed by atoms with Crippen LogP contribution in [0.25, 0.3) is 0 Å². The Kier molecular flexibility index (Phi) is 6.71. The fourth-order valence-electron chi connectivity index (χ4n) is 1.69. The van der Waals surface area contributed by atoms with Gasteiger partial charge in [-0.2, -0.15) is 0 Å². The predicted octanol–water partition coefficient (Wildman–Crippen LogP) is 3.58. The van der Waals surface area contributed by atoms with Crippen molar-refractivity contribution >= 4 is 17.5 Å². The first kappa shape index (κ1) is 14.0. The summed E-state index contributed by atoms with van der Waals surface area (Å²) in [6.07, 6.45) is 4.65. The molecular weight excluding hydrogens is 234 g/mol. The lowest BCUT2D eigenvalue weighted by Crippen LogP contribution is -2.23. The van der Waals surface area contributed by atoms with Gasteiger partial charge in [0.05, 0.1) is 0 Å². The molecule has 1 rings (SSSR count). The van der Waals surface area contributed by atoms with E-state index in [2.05, 4.69) is 11.4 Å². The number of benzene rings is 1. The molecule has 0 saturated carbocycles. The van der Waals surface area contributed by atoms with E-state index in [1.807, 2.05) is 25.1 Å². The van der Waals surface area contributed by atoms with Gasteiger partial charge in [-0.15, -0.1) is 0 Å². The van der Waals surface area contributed by atoms with Crippen LogP contribution in [-0.2, 0) is 11.2 Å². The van der Waals surface area contributed by atoms with Crippen LogP contribution in [-0.4, -0.2) is 12.5 Å². The maximum Gasteiger partial charge on any atom is 0.219 e. The Labute approximate surface area is 108 Å². The highest BCUT2D eigenvalue weighted by Gasteiger charge is 1.98. The van der Waals surface area contributed by atoms with E-state index in [0.717, 1.165) is 37.3 Å². The molecule has 0 aliphatic rings. The number of carbonyl (C=O) groups excluding carboxylic acids is 1. The molecule has 1 aromatic rings. The molecule has 0 radical (unpaired) electrons. The summed E-state index contributed by atoms with van der Waals surface area (Å²) < 4.78 is 0. The number of halogens is 1. The topological polar surface area (TPSA) is 29.1 Å². The Morgan fingerprint density at radius 2 is 2.18 bits per heavy atom. The SMILES string of the molecule is CCCC(=O)NCCCCc1cccc(Cl)c1. The number of amides is 1. The minimum atomic E-state index is 0.162. The monoisotopic (exact) mass is 253 g/mol. The highest BCUT2D eigenvalue weighted by Crippen LogP contribution is 2.12. The lowest BCUT2D eigenvalue weighted by Gasteiger charge is -2.04. The van der Waals surface area contributed by atoms with Crippen molar-refractivity contribution in [3.63, 3.8) is 0 Å². The van der Waals surface area contributed by atoms with Crippen LogP contribution in [0.15, 0.2) is 24.3 Å². The van der Waals surface area contributed by atoms with Crippen molar-refractivity contribution in [3.05, 3.63) is 34.9 Å². The average molecular weight is 254 g/mol. The predicted molar refractivity (Wildman–Crippen MR) is 72.3 cm³/mol. The lowest BCUT2D eigenvalue weighted by molar-refractivity contribution is -0.121. The zero-order valence-electron chi connectivity index (χ0n) is 10.3. The summed E-state index contributed by atoms with van der Waals surface area (Å²) in [6, 6.07) is 7.94. The second-order valence-electron chi connectivity index (χ2n) is 4.19. The van der Waals surface area contributed by atoms with Gasteiger partial charge in [-0.05, 0) is 43.4 Å². The summed E-state index contributed by atoms with van der Waals surface area (Å²) in [5.74, 6) is 0.162. The smallest absolute Gasteiger partial charge is 0.219 e. The van der Waals surface area contributed by atoms with E-state index in [-0.39, 0.29) is 5.91 Å². The van der Waals surface area contributed by atoms with Crippen molar-refractivity contribution in [2.45, 2.75) is 39.0 Å². The van der Waals surface area contributed by atoms with Gasteiger partial charge in [0.25, 0.3) is 0 Å². The molecule has 0 saturated heterocycles. The molecule has 0 unspecified atom stereocenters. The molecule has 2 nitrogen and oxygen atoms in total. The van der Waals surface area contributed by atoms with Crippen LogP contribution in [0.2, 0.25) is 5.02 Å². The van der Waals surface area contributed by atoms with Crippen molar-refractivity contribution in [3.8, 4) is 0 Å². The van der Waals surface area contributed by atoms with Crippen molar-refractivity contribution < 1.29 is 4.79 Å².